The fraction of sp³-hybridized carbons (Fsp3) is 0.857. The van der Waals surface area contributed by atoms with Crippen LogP contribution in [-0.4, -0.2) is 5.97 Å². The molecule has 0 aromatic rings. The smallest absolute Gasteiger partial charge is 0.307 e. The normalized spacial score (nSPS) is 48.7. The van der Waals surface area contributed by atoms with E-state index < -0.39 is 0 Å². The first-order valence-corrected chi connectivity index (χ1v) is 9.82. The van der Waals surface area contributed by atoms with Gasteiger partial charge in [-0.05, 0) is 86.0 Å². The van der Waals surface area contributed by atoms with E-state index in [1.807, 2.05) is 0 Å². The van der Waals surface area contributed by atoms with Crippen LogP contribution in [0.1, 0.15) is 78.6 Å². The molecule has 2 heteroatoms. The third-order valence-electron chi connectivity index (χ3n) is 8.28. The van der Waals surface area contributed by atoms with E-state index in [0.29, 0.717) is 16.7 Å². The van der Waals surface area contributed by atoms with Gasteiger partial charge in [-0.2, -0.15) is 0 Å². The first-order chi connectivity index (χ1) is 10.9. The lowest BCUT2D eigenvalue weighted by molar-refractivity contribution is -0.142. The molecule has 3 saturated carbocycles. The second-order valence-electron chi connectivity index (χ2n) is 9.34. The lowest BCUT2D eigenvalue weighted by atomic mass is 9.46. The van der Waals surface area contributed by atoms with E-state index in [1.54, 1.807) is 6.92 Å². The van der Waals surface area contributed by atoms with Crippen molar-refractivity contribution in [1.29, 1.82) is 0 Å². The van der Waals surface area contributed by atoms with Crippen LogP contribution >= 0.6 is 0 Å². The average Bonchev–Trinajstić information content (AvgIpc) is 2.88. The number of carbonyl (C=O) groups is 1. The van der Waals surface area contributed by atoms with E-state index in [0.717, 1.165) is 29.9 Å². The monoisotopic (exact) mass is 316 g/mol. The molecule has 4 aliphatic rings. The fourth-order valence-electron chi connectivity index (χ4n) is 7.22. The standard InChI is InChI=1S/C21H32O2/c1-14(22)23-19-7-5-12-21(3)17-10-13-20(2)11-4-6-16(20)15(17)8-9-18(19)21/h7,15-18H,4-6,8-13H2,1-3H3/t15-,16-,17-,18+,20-,21+/m0/s1. The number of ether oxygens (including phenoxy) is 1. The number of allylic oxidation sites excluding steroid dienone is 2. The van der Waals surface area contributed by atoms with E-state index >= 15 is 0 Å². The predicted molar refractivity (Wildman–Crippen MR) is 91.6 cm³/mol. The third kappa shape index (κ3) is 2.31. The predicted octanol–water partition coefficient (Wildman–Crippen LogP) is 5.48. The van der Waals surface area contributed by atoms with E-state index in [9.17, 15) is 4.79 Å². The van der Waals surface area contributed by atoms with Crippen molar-refractivity contribution in [2.24, 2.45) is 34.5 Å². The second-order valence-corrected chi connectivity index (χ2v) is 9.34. The summed E-state index contributed by atoms with van der Waals surface area (Å²) in [5.41, 5.74) is 0.986. The molecule has 0 radical (unpaired) electrons. The van der Waals surface area contributed by atoms with Gasteiger partial charge in [0, 0.05) is 12.8 Å². The summed E-state index contributed by atoms with van der Waals surface area (Å²) in [7, 11) is 0. The van der Waals surface area contributed by atoms with Crippen LogP contribution in [0.4, 0.5) is 0 Å². The van der Waals surface area contributed by atoms with Crippen molar-refractivity contribution in [2.75, 3.05) is 0 Å². The molecular formula is C21H32O2. The van der Waals surface area contributed by atoms with Crippen molar-refractivity contribution >= 4 is 5.97 Å². The Morgan fingerprint density at radius 1 is 1.09 bits per heavy atom. The molecule has 4 rings (SSSR count). The maximum absolute atomic E-state index is 11.5. The molecule has 0 spiro atoms. The molecule has 3 fully saturated rings. The average molecular weight is 316 g/mol. The fourth-order valence-corrected chi connectivity index (χ4v) is 7.22. The SMILES string of the molecule is CC(=O)OC1=CCC[C@@]2(C)[C@@H]1CC[C@H]1[C@@H]3CCC[C@@]3(C)CC[C@@H]12. The van der Waals surface area contributed by atoms with Gasteiger partial charge in [0.15, 0.2) is 0 Å². The van der Waals surface area contributed by atoms with Gasteiger partial charge < -0.3 is 4.74 Å². The maximum Gasteiger partial charge on any atom is 0.307 e. The maximum atomic E-state index is 11.5. The minimum absolute atomic E-state index is 0.144. The zero-order valence-corrected chi connectivity index (χ0v) is 15.1. The molecule has 0 unspecified atom stereocenters. The largest absolute Gasteiger partial charge is 0.431 e. The molecular weight excluding hydrogens is 284 g/mol. The van der Waals surface area contributed by atoms with Gasteiger partial charge in [-0.15, -0.1) is 0 Å². The Labute approximate surface area is 141 Å². The molecule has 2 nitrogen and oxygen atoms in total. The highest BCUT2D eigenvalue weighted by Gasteiger charge is 2.58. The zero-order chi connectivity index (χ0) is 16.2. The van der Waals surface area contributed by atoms with E-state index in [-0.39, 0.29) is 5.97 Å². The summed E-state index contributed by atoms with van der Waals surface area (Å²) in [6.07, 6.45) is 14.3. The van der Waals surface area contributed by atoms with Gasteiger partial charge >= 0.3 is 5.97 Å². The van der Waals surface area contributed by atoms with Gasteiger partial charge in [-0.3, -0.25) is 4.79 Å². The van der Waals surface area contributed by atoms with Gasteiger partial charge in [0.25, 0.3) is 0 Å². The van der Waals surface area contributed by atoms with Gasteiger partial charge in [-0.1, -0.05) is 20.3 Å². The Hall–Kier alpha value is -0.790. The van der Waals surface area contributed by atoms with E-state index in [4.69, 9.17) is 4.74 Å². The topological polar surface area (TPSA) is 26.3 Å². The lowest BCUT2D eigenvalue weighted by Crippen LogP contribution is -2.52. The van der Waals surface area contributed by atoms with E-state index in [2.05, 4.69) is 19.9 Å². The number of rotatable bonds is 1. The Morgan fingerprint density at radius 2 is 1.91 bits per heavy atom. The number of hydrogen-bond donors (Lipinski definition) is 0. The molecule has 0 aromatic carbocycles. The summed E-state index contributed by atoms with van der Waals surface area (Å²) in [6.45, 7) is 6.63. The zero-order valence-electron chi connectivity index (χ0n) is 15.1. The summed E-state index contributed by atoms with van der Waals surface area (Å²) in [6, 6.07) is 0. The Balaban J connectivity index is 1.62. The first kappa shape index (κ1) is 15.7. The van der Waals surface area contributed by atoms with Crippen molar-refractivity contribution in [3.63, 3.8) is 0 Å². The van der Waals surface area contributed by atoms with E-state index in [1.165, 1.54) is 51.4 Å². The Morgan fingerprint density at radius 3 is 2.70 bits per heavy atom. The molecule has 0 N–H and O–H groups in total. The Kier molecular flexibility index (Phi) is 3.66. The highest BCUT2D eigenvalue weighted by Crippen LogP contribution is 2.66. The van der Waals surface area contributed by atoms with Crippen LogP contribution in [-0.2, 0) is 9.53 Å². The lowest BCUT2D eigenvalue weighted by Gasteiger charge is -2.59. The number of hydrogen-bond acceptors (Lipinski definition) is 2. The van der Waals surface area contributed by atoms with Crippen molar-refractivity contribution in [3.05, 3.63) is 11.8 Å². The number of esters is 1. The van der Waals surface area contributed by atoms with Crippen molar-refractivity contribution in [2.45, 2.75) is 78.6 Å². The number of fused-ring (bicyclic) bond motifs is 5. The van der Waals surface area contributed by atoms with Crippen LogP contribution < -0.4 is 0 Å². The highest BCUT2D eigenvalue weighted by atomic mass is 16.5. The van der Waals surface area contributed by atoms with Crippen LogP contribution in [0.2, 0.25) is 0 Å². The molecule has 128 valence electrons. The van der Waals surface area contributed by atoms with Gasteiger partial charge in [-0.25, -0.2) is 0 Å². The second kappa shape index (κ2) is 5.36. The van der Waals surface area contributed by atoms with Crippen LogP contribution in [0.25, 0.3) is 0 Å². The van der Waals surface area contributed by atoms with Crippen LogP contribution in [0.15, 0.2) is 11.8 Å². The molecule has 4 aliphatic carbocycles. The molecule has 6 atom stereocenters. The van der Waals surface area contributed by atoms with Gasteiger partial charge in [0.1, 0.15) is 5.76 Å². The minimum atomic E-state index is -0.144. The van der Waals surface area contributed by atoms with Crippen LogP contribution in [0.3, 0.4) is 0 Å². The quantitative estimate of drug-likeness (QED) is 0.599. The van der Waals surface area contributed by atoms with Gasteiger partial charge in [0.2, 0.25) is 0 Å². The molecule has 0 amide bonds. The molecule has 0 saturated heterocycles. The van der Waals surface area contributed by atoms with Crippen molar-refractivity contribution < 1.29 is 9.53 Å². The minimum Gasteiger partial charge on any atom is -0.431 e. The van der Waals surface area contributed by atoms with Crippen molar-refractivity contribution in [1.82, 2.24) is 0 Å². The van der Waals surface area contributed by atoms with Crippen LogP contribution in [0.5, 0.6) is 0 Å². The summed E-state index contributed by atoms with van der Waals surface area (Å²) in [5, 5.41) is 0. The first-order valence-electron chi connectivity index (χ1n) is 9.82. The van der Waals surface area contributed by atoms with Gasteiger partial charge in [0.05, 0.1) is 0 Å². The number of carbonyl (C=O) groups excluding carboxylic acids is 1. The summed E-state index contributed by atoms with van der Waals surface area (Å²) < 4.78 is 5.63. The summed E-state index contributed by atoms with van der Waals surface area (Å²) in [5.74, 6) is 4.07. The molecule has 0 heterocycles. The van der Waals surface area contributed by atoms with Crippen molar-refractivity contribution in [3.8, 4) is 0 Å². The Bertz CT molecular complexity index is 536. The molecule has 23 heavy (non-hydrogen) atoms. The molecule has 0 aromatic heterocycles. The molecule has 0 aliphatic heterocycles. The summed E-state index contributed by atoms with van der Waals surface area (Å²) in [4.78, 5) is 11.5. The van der Waals surface area contributed by atoms with Crippen LogP contribution in [0, 0.1) is 34.5 Å². The highest BCUT2D eigenvalue weighted by molar-refractivity contribution is 5.67. The summed E-state index contributed by atoms with van der Waals surface area (Å²) >= 11 is 0. The third-order valence-corrected chi connectivity index (χ3v) is 8.28. The molecule has 0 bridgehead atoms.